The molecule has 7 nitrogen and oxygen atoms in total. The van der Waals surface area contributed by atoms with Gasteiger partial charge in [-0.2, -0.15) is 0 Å². The first-order chi connectivity index (χ1) is 16.8. The molecule has 5 atom stereocenters. The van der Waals surface area contributed by atoms with E-state index in [2.05, 4.69) is 34.3 Å². The van der Waals surface area contributed by atoms with Crippen molar-refractivity contribution >= 4 is 17.7 Å². The monoisotopic (exact) mass is 482 g/mol. The normalized spacial score (nSPS) is 30.7. The summed E-state index contributed by atoms with van der Waals surface area (Å²) in [6, 6.07) is 8.85. The minimum Gasteiger partial charge on any atom is -0.344 e. The number of carbonyl (C=O) groups is 3. The lowest BCUT2D eigenvalue weighted by Gasteiger charge is -2.51. The SMILES string of the molecule is CC(C)CN1C[C@@H]2C[C@H](C1)[C@@H]1CCCC(=O)N[C@@H](CCc3ccccc3)C(=O)N[C@H](C)C(=O)N1C2. The molecule has 0 aromatic heterocycles. The Morgan fingerprint density at radius 3 is 2.54 bits per heavy atom. The highest BCUT2D eigenvalue weighted by Gasteiger charge is 2.43. The number of piperidine rings is 2. The van der Waals surface area contributed by atoms with Crippen molar-refractivity contribution in [3.8, 4) is 0 Å². The molecule has 3 saturated heterocycles. The van der Waals surface area contributed by atoms with Crippen LogP contribution in [0.25, 0.3) is 0 Å². The Morgan fingerprint density at radius 1 is 1.03 bits per heavy atom. The first-order valence-corrected chi connectivity index (χ1v) is 13.5. The highest BCUT2D eigenvalue weighted by atomic mass is 16.2. The molecular weight excluding hydrogens is 440 g/mol. The summed E-state index contributed by atoms with van der Waals surface area (Å²) in [5.41, 5.74) is 1.12. The van der Waals surface area contributed by atoms with Gasteiger partial charge in [-0.05, 0) is 62.3 Å². The van der Waals surface area contributed by atoms with Crippen molar-refractivity contribution < 1.29 is 14.4 Å². The topological polar surface area (TPSA) is 81.8 Å². The zero-order chi connectivity index (χ0) is 24.9. The summed E-state index contributed by atoms with van der Waals surface area (Å²) < 4.78 is 0. The first kappa shape index (κ1) is 25.7. The van der Waals surface area contributed by atoms with Gasteiger partial charge in [0.15, 0.2) is 0 Å². The fraction of sp³-hybridized carbons (Fsp3) is 0.679. The number of benzene rings is 1. The summed E-state index contributed by atoms with van der Waals surface area (Å²) >= 11 is 0. The maximum atomic E-state index is 13.6. The molecule has 0 spiro atoms. The molecule has 3 aliphatic heterocycles. The van der Waals surface area contributed by atoms with Crippen LogP contribution in [-0.4, -0.2) is 71.8 Å². The number of hydrogen-bond donors (Lipinski definition) is 2. The van der Waals surface area contributed by atoms with E-state index in [0.29, 0.717) is 37.0 Å². The summed E-state index contributed by atoms with van der Waals surface area (Å²) in [5, 5.41) is 5.88. The second-order valence-corrected chi connectivity index (χ2v) is 11.3. The number of rotatable bonds is 5. The van der Waals surface area contributed by atoms with Crippen LogP contribution in [0.4, 0.5) is 0 Å². The highest BCUT2D eigenvalue weighted by molar-refractivity contribution is 5.92. The quantitative estimate of drug-likeness (QED) is 0.676. The lowest BCUT2D eigenvalue weighted by Crippen LogP contribution is -2.63. The Morgan fingerprint density at radius 2 is 1.80 bits per heavy atom. The second-order valence-electron chi connectivity index (χ2n) is 11.3. The fourth-order valence-electron chi connectivity index (χ4n) is 6.33. The molecule has 3 heterocycles. The predicted octanol–water partition coefficient (Wildman–Crippen LogP) is 2.60. The number of hydrogen-bond acceptors (Lipinski definition) is 4. The minimum atomic E-state index is -0.640. The molecule has 1 aromatic rings. The fourth-order valence-corrected chi connectivity index (χ4v) is 6.33. The van der Waals surface area contributed by atoms with Gasteiger partial charge in [-0.25, -0.2) is 0 Å². The Bertz CT molecular complexity index is 889. The smallest absolute Gasteiger partial charge is 0.245 e. The third kappa shape index (κ3) is 6.63. The van der Waals surface area contributed by atoms with Crippen molar-refractivity contribution in [3.05, 3.63) is 35.9 Å². The molecule has 3 aliphatic rings. The molecule has 0 saturated carbocycles. The van der Waals surface area contributed by atoms with Crippen LogP contribution in [0.5, 0.6) is 0 Å². The number of fused-ring (bicyclic) bond motifs is 4. The van der Waals surface area contributed by atoms with Gasteiger partial charge >= 0.3 is 0 Å². The van der Waals surface area contributed by atoms with E-state index in [1.165, 1.54) is 0 Å². The molecule has 3 fully saturated rings. The highest BCUT2D eigenvalue weighted by Crippen LogP contribution is 2.36. The van der Waals surface area contributed by atoms with Gasteiger partial charge in [-0.1, -0.05) is 44.2 Å². The van der Waals surface area contributed by atoms with Crippen LogP contribution < -0.4 is 10.6 Å². The standard InChI is InChI=1S/C28H42N4O3/c1-19(2)15-31-16-22-14-23(18-31)25-10-7-11-26(33)30-24(13-12-21-8-5-4-6-9-21)27(34)29-20(3)28(35)32(25)17-22/h4-6,8-9,19-20,22-25H,7,10-18H2,1-3H3,(H,29,34)(H,30,33)/t20-,22+,23-,24+,25+/m1/s1. The van der Waals surface area contributed by atoms with Crippen LogP contribution in [0.3, 0.4) is 0 Å². The van der Waals surface area contributed by atoms with Gasteiger partial charge in [0.2, 0.25) is 17.7 Å². The van der Waals surface area contributed by atoms with E-state index >= 15 is 0 Å². The molecule has 2 N–H and O–H groups in total. The molecule has 7 heteroatoms. The average molecular weight is 483 g/mol. The van der Waals surface area contributed by atoms with Gasteiger partial charge in [0.25, 0.3) is 0 Å². The van der Waals surface area contributed by atoms with Crippen LogP contribution in [-0.2, 0) is 20.8 Å². The Kier molecular flexibility index (Phi) is 8.47. The third-order valence-corrected chi connectivity index (χ3v) is 7.80. The maximum Gasteiger partial charge on any atom is 0.245 e. The van der Waals surface area contributed by atoms with E-state index in [9.17, 15) is 14.4 Å². The van der Waals surface area contributed by atoms with Crippen molar-refractivity contribution in [1.29, 1.82) is 0 Å². The Hall–Kier alpha value is -2.41. The lowest BCUT2D eigenvalue weighted by atomic mass is 9.77. The molecule has 4 rings (SSSR count). The lowest BCUT2D eigenvalue weighted by molar-refractivity contribution is -0.145. The molecule has 2 bridgehead atoms. The van der Waals surface area contributed by atoms with E-state index in [1.54, 1.807) is 6.92 Å². The summed E-state index contributed by atoms with van der Waals surface area (Å²) in [6.07, 6.45) is 4.29. The van der Waals surface area contributed by atoms with Gasteiger partial charge in [0.05, 0.1) is 0 Å². The van der Waals surface area contributed by atoms with E-state index in [0.717, 1.165) is 51.0 Å². The number of aryl methyl sites for hydroxylation is 1. The van der Waals surface area contributed by atoms with Crippen molar-refractivity contribution in [2.75, 3.05) is 26.2 Å². The van der Waals surface area contributed by atoms with Crippen LogP contribution in [0.2, 0.25) is 0 Å². The van der Waals surface area contributed by atoms with Crippen molar-refractivity contribution in [2.24, 2.45) is 17.8 Å². The van der Waals surface area contributed by atoms with Crippen LogP contribution in [0, 0.1) is 17.8 Å². The van der Waals surface area contributed by atoms with Gasteiger partial charge < -0.3 is 20.4 Å². The largest absolute Gasteiger partial charge is 0.344 e. The van der Waals surface area contributed by atoms with Gasteiger partial charge in [-0.3, -0.25) is 14.4 Å². The van der Waals surface area contributed by atoms with Gasteiger partial charge in [0, 0.05) is 38.6 Å². The van der Waals surface area contributed by atoms with E-state index < -0.39 is 12.1 Å². The second kappa shape index (κ2) is 11.5. The summed E-state index contributed by atoms with van der Waals surface area (Å²) in [4.78, 5) is 44.1. The summed E-state index contributed by atoms with van der Waals surface area (Å²) in [6.45, 7) is 10.2. The minimum absolute atomic E-state index is 0.0177. The Labute approximate surface area is 210 Å². The number of carbonyl (C=O) groups excluding carboxylic acids is 3. The molecule has 1 aromatic carbocycles. The van der Waals surface area contributed by atoms with Crippen molar-refractivity contribution in [2.45, 2.75) is 77.4 Å². The van der Waals surface area contributed by atoms with E-state index in [1.807, 2.05) is 30.3 Å². The molecule has 0 radical (unpaired) electrons. The average Bonchev–Trinajstić information content (AvgIpc) is 2.81. The number of nitrogens with zero attached hydrogens (tertiary/aromatic N) is 2. The molecular formula is C28H42N4O3. The Balaban J connectivity index is 1.46. The third-order valence-electron chi connectivity index (χ3n) is 7.80. The summed E-state index contributed by atoms with van der Waals surface area (Å²) in [5.74, 6) is 1.19. The number of likely N-dealkylation sites (tertiary alicyclic amines) is 1. The van der Waals surface area contributed by atoms with Crippen molar-refractivity contribution in [1.82, 2.24) is 20.4 Å². The van der Waals surface area contributed by atoms with Crippen molar-refractivity contribution in [3.63, 3.8) is 0 Å². The maximum absolute atomic E-state index is 13.6. The molecule has 35 heavy (non-hydrogen) atoms. The van der Waals surface area contributed by atoms with Gasteiger partial charge in [-0.15, -0.1) is 0 Å². The first-order valence-electron chi connectivity index (χ1n) is 13.5. The van der Waals surface area contributed by atoms with E-state index in [-0.39, 0.29) is 23.8 Å². The summed E-state index contributed by atoms with van der Waals surface area (Å²) in [7, 11) is 0. The van der Waals surface area contributed by atoms with Gasteiger partial charge in [0.1, 0.15) is 12.1 Å². The van der Waals surface area contributed by atoms with E-state index in [4.69, 9.17) is 0 Å². The predicted molar refractivity (Wildman–Crippen MR) is 137 cm³/mol. The molecule has 0 unspecified atom stereocenters. The van der Waals surface area contributed by atoms with Crippen LogP contribution in [0.1, 0.15) is 58.4 Å². The number of nitrogens with one attached hydrogen (secondary N) is 2. The number of amides is 3. The molecule has 0 aliphatic carbocycles. The zero-order valence-electron chi connectivity index (χ0n) is 21.5. The zero-order valence-corrected chi connectivity index (χ0v) is 21.5. The molecule has 3 amide bonds. The van der Waals surface area contributed by atoms with Crippen LogP contribution >= 0.6 is 0 Å². The molecule has 192 valence electrons. The van der Waals surface area contributed by atoms with Crippen LogP contribution in [0.15, 0.2) is 30.3 Å².